The van der Waals surface area contributed by atoms with Crippen LogP contribution in [0.15, 0.2) is 46.3 Å². The van der Waals surface area contributed by atoms with Gasteiger partial charge in [0, 0.05) is 31.7 Å². The van der Waals surface area contributed by atoms with Crippen LogP contribution in [0.1, 0.15) is 29.2 Å². The number of nitrogens with zero attached hydrogens (tertiary/aromatic N) is 3. The van der Waals surface area contributed by atoms with Gasteiger partial charge in [-0.2, -0.15) is 31.3 Å². The lowest BCUT2D eigenvalue weighted by Crippen LogP contribution is -2.46. The first-order chi connectivity index (χ1) is 18.3. The van der Waals surface area contributed by atoms with Crippen LogP contribution < -0.4 is 9.47 Å². The quantitative estimate of drug-likeness (QED) is 0.327. The van der Waals surface area contributed by atoms with Crippen LogP contribution in [0.25, 0.3) is 5.57 Å². The molecule has 6 nitrogen and oxygen atoms in total. The summed E-state index contributed by atoms with van der Waals surface area (Å²) >= 11 is 1.29. The second-order valence-electron chi connectivity index (χ2n) is 9.07. The average molecular weight is 574 g/mol. The number of aliphatic imine (C=N–C) groups is 1. The number of benzene rings is 2. The zero-order valence-electron chi connectivity index (χ0n) is 21.2. The third-order valence-corrected chi connectivity index (χ3v) is 7.64. The highest BCUT2D eigenvalue weighted by Crippen LogP contribution is 2.40. The van der Waals surface area contributed by atoms with Gasteiger partial charge < -0.3 is 19.3 Å². The Morgan fingerprint density at radius 1 is 0.974 bits per heavy atom. The van der Waals surface area contributed by atoms with E-state index in [2.05, 4.69) is 14.8 Å². The van der Waals surface area contributed by atoms with Gasteiger partial charge in [0.1, 0.15) is 6.61 Å². The molecule has 0 spiro atoms. The number of ether oxygens (including phenoxy) is 2. The van der Waals surface area contributed by atoms with E-state index >= 15 is 0 Å². The van der Waals surface area contributed by atoms with E-state index in [0.29, 0.717) is 27.3 Å². The third-order valence-electron chi connectivity index (χ3n) is 6.42. The Bertz CT molecular complexity index is 1310. The number of carbonyl (C=O) groups is 1. The normalized spacial score (nSPS) is 18.3. The number of rotatable bonds is 5. The minimum absolute atomic E-state index is 0.0727. The van der Waals surface area contributed by atoms with Crippen molar-refractivity contribution in [3.05, 3.63) is 63.6 Å². The van der Waals surface area contributed by atoms with Gasteiger partial charge in [0.25, 0.3) is 5.91 Å². The molecular weight excluding hydrogens is 548 g/mol. The van der Waals surface area contributed by atoms with Crippen molar-refractivity contribution in [1.82, 2.24) is 9.80 Å². The van der Waals surface area contributed by atoms with Crippen molar-refractivity contribution in [2.24, 2.45) is 4.99 Å². The van der Waals surface area contributed by atoms with Gasteiger partial charge in [-0.3, -0.25) is 4.79 Å². The minimum Gasteiger partial charge on any atom is -0.493 e. The van der Waals surface area contributed by atoms with Crippen LogP contribution in [0.4, 0.5) is 26.3 Å². The SMILES string of the molecule is COc1cc(/C(C)=C2\SC(N3CCN(C)CC3)=NC2=O)ccc1OCc1ccc(C(F)(F)F)cc1C(F)(F)F. The van der Waals surface area contributed by atoms with Gasteiger partial charge in [0.2, 0.25) is 0 Å². The lowest BCUT2D eigenvalue weighted by Gasteiger charge is -2.33. The predicted molar refractivity (Wildman–Crippen MR) is 135 cm³/mol. The van der Waals surface area contributed by atoms with Crippen LogP contribution in [-0.2, 0) is 23.8 Å². The van der Waals surface area contributed by atoms with E-state index in [1.165, 1.54) is 24.9 Å². The number of amidine groups is 1. The number of carbonyl (C=O) groups excluding carboxylic acids is 1. The Morgan fingerprint density at radius 3 is 2.28 bits per heavy atom. The number of halogens is 6. The van der Waals surface area contributed by atoms with Crippen LogP contribution in [0, 0.1) is 0 Å². The van der Waals surface area contributed by atoms with E-state index in [-0.39, 0.29) is 23.5 Å². The molecule has 2 aromatic rings. The van der Waals surface area contributed by atoms with Gasteiger partial charge in [-0.05, 0) is 61.1 Å². The molecule has 0 radical (unpaired) electrons. The molecular formula is C26H25F6N3O3S. The number of thioether (sulfide) groups is 1. The molecule has 2 aliphatic rings. The fraction of sp³-hybridized carbons (Fsp3) is 0.385. The summed E-state index contributed by atoms with van der Waals surface area (Å²) in [5.41, 5.74) is -2.02. The van der Waals surface area contributed by atoms with Gasteiger partial charge in [-0.15, -0.1) is 0 Å². The molecule has 0 atom stereocenters. The first kappa shape index (κ1) is 28.8. The number of likely N-dealkylation sites (N-methyl/N-ethyl adjacent to an activating group) is 1. The minimum atomic E-state index is -5.01. The summed E-state index contributed by atoms with van der Waals surface area (Å²) in [7, 11) is 3.37. The summed E-state index contributed by atoms with van der Waals surface area (Å²) in [6.07, 6.45) is -9.92. The number of piperazine rings is 1. The second-order valence-corrected chi connectivity index (χ2v) is 10.0. The molecule has 2 aliphatic heterocycles. The van der Waals surface area contributed by atoms with E-state index in [9.17, 15) is 31.1 Å². The molecule has 0 bridgehead atoms. The number of allylic oxidation sites excluding steroid dienone is 1. The van der Waals surface area contributed by atoms with E-state index in [0.717, 1.165) is 32.2 Å². The zero-order chi connectivity index (χ0) is 28.5. The Kier molecular flexibility index (Phi) is 8.22. The van der Waals surface area contributed by atoms with Gasteiger partial charge in [0.05, 0.1) is 23.1 Å². The molecule has 1 saturated heterocycles. The first-order valence-electron chi connectivity index (χ1n) is 11.8. The van der Waals surface area contributed by atoms with Gasteiger partial charge in [-0.25, -0.2) is 0 Å². The molecule has 2 aromatic carbocycles. The number of methoxy groups -OCH3 is 1. The Labute approximate surface area is 225 Å². The smallest absolute Gasteiger partial charge is 0.416 e. The average Bonchev–Trinajstić information content (AvgIpc) is 3.27. The van der Waals surface area contributed by atoms with E-state index in [4.69, 9.17) is 9.47 Å². The van der Waals surface area contributed by atoms with Crippen molar-refractivity contribution in [2.45, 2.75) is 25.9 Å². The van der Waals surface area contributed by atoms with Crippen LogP contribution in [0.2, 0.25) is 0 Å². The first-order valence-corrected chi connectivity index (χ1v) is 12.6. The van der Waals surface area contributed by atoms with Crippen molar-refractivity contribution < 1.29 is 40.6 Å². The van der Waals surface area contributed by atoms with E-state index in [1.807, 2.05) is 7.05 Å². The lowest BCUT2D eigenvalue weighted by molar-refractivity contribution is -0.143. The van der Waals surface area contributed by atoms with Gasteiger partial charge >= 0.3 is 12.4 Å². The van der Waals surface area contributed by atoms with Gasteiger partial charge in [0.15, 0.2) is 16.7 Å². The van der Waals surface area contributed by atoms with Gasteiger partial charge in [-0.1, -0.05) is 12.1 Å². The summed E-state index contributed by atoms with van der Waals surface area (Å²) in [5, 5.41) is 0.645. The molecule has 1 amide bonds. The standard InChI is InChI=1S/C26H25F6N3O3S/c1-15(22-23(36)33-24(39-22)35-10-8-34(2)9-11-35)16-5-7-20(21(12-16)37-3)38-14-17-4-6-18(25(27,28)29)13-19(17)26(30,31)32/h4-7,12-13H,8-11,14H2,1-3H3/b22-15-. The van der Waals surface area contributed by atoms with Crippen LogP contribution in [-0.4, -0.2) is 61.2 Å². The maximum atomic E-state index is 13.5. The fourth-order valence-corrected chi connectivity index (χ4v) is 5.14. The number of alkyl halides is 6. The lowest BCUT2D eigenvalue weighted by atomic mass is 10.0. The Hall–Kier alpha value is -3.19. The van der Waals surface area contributed by atoms with Crippen molar-refractivity contribution >= 4 is 28.4 Å². The number of amides is 1. The summed E-state index contributed by atoms with van der Waals surface area (Å²) in [4.78, 5) is 21.6. The van der Waals surface area contributed by atoms with Crippen LogP contribution >= 0.6 is 11.8 Å². The molecule has 0 aliphatic carbocycles. The molecule has 4 rings (SSSR count). The molecule has 13 heteroatoms. The third kappa shape index (κ3) is 6.52. The highest BCUT2D eigenvalue weighted by molar-refractivity contribution is 8.18. The highest BCUT2D eigenvalue weighted by atomic mass is 32.2. The largest absolute Gasteiger partial charge is 0.493 e. The van der Waals surface area contributed by atoms with E-state index in [1.54, 1.807) is 19.1 Å². The molecule has 1 fully saturated rings. The zero-order valence-corrected chi connectivity index (χ0v) is 22.1. The molecule has 0 unspecified atom stereocenters. The molecule has 39 heavy (non-hydrogen) atoms. The van der Waals surface area contributed by atoms with Crippen molar-refractivity contribution in [2.75, 3.05) is 40.3 Å². The number of hydrogen-bond acceptors (Lipinski definition) is 6. The maximum Gasteiger partial charge on any atom is 0.416 e. The van der Waals surface area contributed by atoms with E-state index < -0.39 is 35.6 Å². The second kappa shape index (κ2) is 11.1. The van der Waals surface area contributed by atoms with Crippen molar-refractivity contribution in [3.8, 4) is 11.5 Å². The molecule has 0 saturated carbocycles. The molecule has 0 N–H and O–H groups in total. The molecule has 0 aromatic heterocycles. The van der Waals surface area contributed by atoms with Crippen molar-refractivity contribution in [1.29, 1.82) is 0 Å². The predicted octanol–water partition coefficient (Wildman–Crippen LogP) is 5.92. The Morgan fingerprint density at radius 2 is 1.67 bits per heavy atom. The Balaban J connectivity index is 1.53. The topological polar surface area (TPSA) is 54.4 Å². The highest BCUT2D eigenvalue weighted by Gasteiger charge is 2.38. The van der Waals surface area contributed by atoms with Crippen LogP contribution in [0.5, 0.6) is 11.5 Å². The fourth-order valence-electron chi connectivity index (χ4n) is 4.11. The summed E-state index contributed by atoms with van der Waals surface area (Å²) in [6.45, 7) is 4.37. The van der Waals surface area contributed by atoms with Crippen molar-refractivity contribution in [3.63, 3.8) is 0 Å². The number of hydrogen-bond donors (Lipinski definition) is 0. The maximum absolute atomic E-state index is 13.5. The summed E-state index contributed by atoms with van der Waals surface area (Å²) in [6, 6.07) is 6.09. The molecule has 210 valence electrons. The monoisotopic (exact) mass is 573 g/mol. The molecule has 2 heterocycles. The van der Waals surface area contributed by atoms with Crippen LogP contribution in [0.3, 0.4) is 0 Å². The summed E-state index contributed by atoms with van der Waals surface area (Å²) in [5.74, 6) is -0.0804. The summed E-state index contributed by atoms with van der Waals surface area (Å²) < 4.78 is 90.2.